The quantitative estimate of drug-likeness (QED) is 0.00963. The second-order valence-electron chi connectivity index (χ2n) is 16.3. The Morgan fingerprint density at radius 3 is 1.67 bits per heavy atom. The fraction of sp³-hybridized carbons (Fsp3) is 0.702. The molecular weight excluding hydrogens is 898 g/mol. The average molecular weight is 979 g/mol. The molecule has 9 atom stereocenters. The lowest BCUT2D eigenvalue weighted by atomic mass is 9.85. The Balaban J connectivity index is 2.70. The van der Waals surface area contributed by atoms with Gasteiger partial charge in [-0.1, -0.05) is 164 Å². The van der Waals surface area contributed by atoms with Gasteiger partial charge >= 0.3 is 27.6 Å². The summed E-state index contributed by atoms with van der Waals surface area (Å²) >= 11 is 0. The van der Waals surface area contributed by atoms with Crippen LogP contribution >= 0.6 is 15.6 Å². The Hall–Kier alpha value is -2.60. The minimum Gasteiger partial charge on any atom is -0.462 e. The van der Waals surface area contributed by atoms with Crippen LogP contribution in [0.1, 0.15) is 149 Å². The Morgan fingerprint density at radius 1 is 0.576 bits per heavy atom. The number of rotatable bonds is 38. The van der Waals surface area contributed by atoms with Crippen molar-refractivity contribution in [2.75, 3.05) is 13.2 Å². The fourth-order valence-corrected chi connectivity index (χ4v) is 8.26. The third-order valence-electron chi connectivity index (χ3n) is 10.4. The molecule has 0 heterocycles. The van der Waals surface area contributed by atoms with Gasteiger partial charge in [-0.15, -0.1) is 0 Å². The summed E-state index contributed by atoms with van der Waals surface area (Å²) in [6, 6.07) is 0. The molecule has 6 unspecified atom stereocenters. The number of phosphoric acid groups is 2. The van der Waals surface area contributed by atoms with Crippen molar-refractivity contribution in [2.45, 2.75) is 198 Å². The summed E-state index contributed by atoms with van der Waals surface area (Å²) in [6.45, 7) is 2.84. The number of ether oxygens (including phenoxy) is 2. The molecule has 0 bridgehead atoms. The van der Waals surface area contributed by atoms with Crippen LogP contribution in [0, 0.1) is 0 Å². The van der Waals surface area contributed by atoms with Gasteiger partial charge in [0.15, 0.2) is 6.10 Å². The zero-order valence-electron chi connectivity index (χ0n) is 39.0. The number of unbranched alkanes of at least 4 members (excludes halogenated alkanes) is 12. The fourth-order valence-electron chi connectivity index (χ4n) is 6.72. The topological polar surface area (TPSA) is 276 Å². The van der Waals surface area contributed by atoms with Crippen molar-refractivity contribution in [1.82, 2.24) is 0 Å². The molecule has 1 saturated carbocycles. The SMILES string of the molecule is CC/C=C\C/C=C\C/C=C\C/C=C\C=C/C(O)C/C=C\CCC(=O)O[C@H](COC(=O)CCCCCCCCCCCCCCC)COP(=O)(O)O[C@H]1C(O)C(O)C(O)[C@@H](OP(=O)(O)O)C1O. The first-order valence-corrected chi connectivity index (χ1v) is 26.6. The third kappa shape index (κ3) is 31.4. The monoisotopic (exact) mass is 978 g/mol. The molecule has 66 heavy (non-hydrogen) atoms. The van der Waals surface area contributed by atoms with Crippen molar-refractivity contribution in [3.8, 4) is 0 Å². The van der Waals surface area contributed by atoms with Gasteiger partial charge in [-0.25, -0.2) is 9.13 Å². The summed E-state index contributed by atoms with van der Waals surface area (Å²) in [5.41, 5.74) is 0. The molecule has 1 aliphatic rings. The van der Waals surface area contributed by atoms with Gasteiger partial charge in [0.1, 0.15) is 43.2 Å². The summed E-state index contributed by atoms with van der Waals surface area (Å²) in [6.07, 6.45) is 26.0. The normalized spacial score (nSPS) is 22.6. The van der Waals surface area contributed by atoms with Crippen LogP contribution in [0.3, 0.4) is 0 Å². The van der Waals surface area contributed by atoms with Gasteiger partial charge in [0, 0.05) is 12.8 Å². The number of carbonyl (C=O) groups excluding carboxylic acids is 2. The highest BCUT2D eigenvalue weighted by atomic mass is 31.2. The first kappa shape index (κ1) is 61.4. The Labute approximate surface area is 392 Å². The predicted molar refractivity (Wildman–Crippen MR) is 252 cm³/mol. The van der Waals surface area contributed by atoms with Gasteiger partial charge in [0.05, 0.1) is 12.7 Å². The van der Waals surface area contributed by atoms with Gasteiger partial charge in [0.2, 0.25) is 0 Å². The van der Waals surface area contributed by atoms with Gasteiger partial charge in [-0.3, -0.25) is 23.2 Å². The molecule has 1 fully saturated rings. The Kier molecular flexibility index (Phi) is 34.7. The van der Waals surface area contributed by atoms with E-state index >= 15 is 0 Å². The Bertz CT molecular complexity index is 1570. The van der Waals surface area contributed by atoms with Gasteiger partial charge < -0.3 is 49.7 Å². The molecule has 0 saturated heterocycles. The van der Waals surface area contributed by atoms with E-state index in [9.17, 15) is 49.1 Å². The molecule has 19 heteroatoms. The van der Waals surface area contributed by atoms with Crippen molar-refractivity contribution in [1.29, 1.82) is 0 Å². The van der Waals surface area contributed by atoms with E-state index in [2.05, 4.69) is 54.8 Å². The highest BCUT2D eigenvalue weighted by Gasteiger charge is 2.54. The maximum Gasteiger partial charge on any atom is 0.472 e. The van der Waals surface area contributed by atoms with E-state index in [1.165, 1.54) is 51.4 Å². The first-order valence-electron chi connectivity index (χ1n) is 23.6. The van der Waals surface area contributed by atoms with Crippen LogP contribution in [0.15, 0.2) is 72.9 Å². The smallest absolute Gasteiger partial charge is 0.462 e. The molecule has 0 aromatic carbocycles. The van der Waals surface area contributed by atoms with Crippen LogP contribution in [0.5, 0.6) is 0 Å². The molecule has 1 rings (SSSR count). The molecular formula is C47H80O17P2. The number of esters is 2. The van der Waals surface area contributed by atoms with Crippen molar-refractivity contribution in [2.24, 2.45) is 0 Å². The molecule has 380 valence electrons. The van der Waals surface area contributed by atoms with Gasteiger partial charge in [-0.2, -0.15) is 0 Å². The van der Waals surface area contributed by atoms with Crippen molar-refractivity contribution in [3.05, 3.63) is 72.9 Å². The van der Waals surface area contributed by atoms with Crippen LogP contribution in [0.2, 0.25) is 0 Å². The molecule has 0 aromatic rings. The first-order chi connectivity index (χ1) is 31.5. The summed E-state index contributed by atoms with van der Waals surface area (Å²) in [7, 11) is -10.7. The van der Waals surface area contributed by atoms with E-state index < -0.39 is 89.6 Å². The number of allylic oxidation sites excluding steroid dienone is 10. The third-order valence-corrected chi connectivity index (χ3v) is 11.9. The van der Waals surface area contributed by atoms with E-state index in [4.69, 9.17) is 28.3 Å². The van der Waals surface area contributed by atoms with E-state index in [0.717, 1.165) is 51.4 Å². The maximum absolute atomic E-state index is 13.0. The van der Waals surface area contributed by atoms with Crippen LogP contribution in [-0.4, -0.2) is 114 Å². The second kappa shape index (κ2) is 37.3. The number of carbonyl (C=O) groups is 2. The lowest BCUT2D eigenvalue weighted by molar-refractivity contribution is -0.216. The van der Waals surface area contributed by atoms with Gasteiger partial charge in [-0.05, 0) is 44.9 Å². The van der Waals surface area contributed by atoms with E-state index in [1.807, 2.05) is 12.2 Å². The van der Waals surface area contributed by atoms with E-state index in [1.54, 1.807) is 24.3 Å². The molecule has 0 aliphatic heterocycles. The van der Waals surface area contributed by atoms with E-state index in [-0.39, 0.29) is 25.7 Å². The van der Waals surface area contributed by atoms with Crippen molar-refractivity contribution in [3.63, 3.8) is 0 Å². The molecule has 1 aliphatic carbocycles. The highest BCUT2D eigenvalue weighted by Crippen LogP contribution is 2.49. The zero-order chi connectivity index (χ0) is 49.1. The van der Waals surface area contributed by atoms with E-state index in [0.29, 0.717) is 6.42 Å². The summed E-state index contributed by atoms with van der Waals surface area (Å²) in [5.74, 6) is -1.39. The van der Waals surface area contributed by atoms with Crippen molar-refractivity contribution >= 4 is 27.6 Å². The number of hydrogen-bond donors (Lipinski definition) is 8. The number of aliphatic hydroxyl groups excluding tert-OH is 5. The van der Waals surface area contributed by atoms with Crippen LogP contribution in [-0.2, 0) is 41.8 Å². The average Bonchev–Trinajstić information content (AvgIpc) is 3.27. The molecule has 0 spiro atoms. The van der Waals surface area contributed by atoms with Gasteiger partial charge in [0.25, 0.3) is 0 Å². The largest absolute Gasteiger partial charge is 0.472 e. The number of aliphatic hydroxyl groups is 5. The maximum atomic E-state index is 13.0. The van der Waals surface area contributed by atoms with Crippen LogP contribution in [0.4, 0.5) is 0 Å². The van der Waals surface area contributed by atoms with Crippen LogP contribution in [0.25, 0.3) is 0 Å². The lowest BCUT2D eigenvalue weighted by Gasteiger charge is -2.43. The molecule has 0 radical (unpaired) electrons. The highest BCUT2D eigenvalue weighted by molar-refractivity contribution is 7.47. The summed E-state index contributed by atoms with van der Waals surface area (Å²) in [4.78, 5) is 54.2. The standard InChI is InChI=1S/C47H80O17P2/c1-3-5-7-9-11-13-15-17-19-21-23-25-28-32-38(48)33-29-27-31-35-41(50)62-39(36-60-40(49)34-30-26-24-22-20-18-16-14-12-10-8-6-4-2)37-61-66(58,59)64-47-44(53)42(51)43(52)46(45(47)54)63-65(55,56)57/h5,7,11,13,17,19,23,25,27-29,32,38-39,42-48,51-54H,3-4,6,8-10,12,14-16,18,20-22,24,26,30-31,33-37H2,1-2H3,(H,58,59)(H2,55,56,57)/b7-5-,13-11-,19-17-,25-23-,29-27-,32-28-/t38?,39-,42?,43?,44?,45?,46-,47+/m1/s1. The van der Waals surface area contributed by atoms with Crippen LogP contribution < -0.4 is 0 Å². The predicted octanol–water partition coefficient (Wildman–Crippen LogP) is 7.81. The second-order valence-corrected chi connectivity index (χ2v) is 18.9. The number of phosphoric ester groups is 2. The Morgan fingerprint density at radius 2 is 1.11 bits per heavy atom. The molecule has 17 nitrogen and oxygen atoms in total. The summed E-state index contributed by atoms with van der Waals surface area (Å²) < 4.78 is 49.2. The minimum absolute atomic E-state index is 0.0830. The summed E-state index contributed by atoms with van der Waals surface area (Å²) in [5, 5.41) is 51.5. The molecule has 8 N–H and O–H groups in total. The number of hydrogen-bond acceptors (Lipinski definition) is 14. The zero-order valence-corrected chi connectivity index (χ0v) is 40.7. The lowest BCUT2D eigenvalue weighted by Crippen LogP contribution is -2.64. The minimum atomic E-state index is -5.39. The molecule has 0 aromatic heterocycles. The van der Waals surface area contributed by atoms with Crippen molar-refractivity contribution < 1.29 is 82.0 Å². The molecule has 0 amide bonds.